The summed E-state index contributed by atoms with van der Waals surface area (Å²) >= 11 is 1.33. The molecule has 0 aliphatic rings. The highest BCUT2D eigenvalue weighted by Gasteiger charge is 2.09. The fraction of sp³-hybridized carbons (Fsp3) is 0.263. The average molecular weight is 383 g/mol. The molecule has 1 N–H and O–H groups in total. The van der Waals surface area contributed by atoms with Gasteiger partial charge in [0.2, 0.25) is 5.91 Å². The number of para-hydroxylation sites is 2. The molecule has 2 heterocycles. The lowest BCUT2D eigenvalue weighted by molar-refractivity contribution is -0.118. The third-order valence-corrected chi connectivity index (χ3v) is 4.60. The lowest BCUT2D eigenvalue weighted by atomic mass is 10.3. The van der Waals surface area contributed by atoms with Gasteiger partial charge in [0.05, 0.1) is 19.1 Å². The van der Waals surface area contributed by atoms with Crippen molar-refractivity contribution in [1.29, 1.82) is 0 Å². The highest BCUT2D eigenvalue weighted by molar-refractivity contribution is 7.99. The summed E-state index contributed by atoms with van der Waals surface area (Å²) in [6, 6.07) is 9.54. The molecule has 140 valence electrons. The summed E-state index contributed by atoms with van der Waals surface area (Å²) in [5, 5.41) is 7.86. The molecule has 27 heavy (non-hydrogen) atoms. The van der Waals surface area contributed by atoms with Crippen LogP contribution >= 0.6 is 11.8 Å². The van der Waals surface area contributed by atoms with Crippen LogP contribution in [0.1, 0.15) is 17.0 Å². The molecule has 2 aromatic heterocycles. The molecule has 0 bridgehead atoms. The lowest BCUT2D eigenvalue weighted by Gasteiger charge is -2.07. The number of nitrogens with one attached hydrogen (secondary N) is 1. The summed E-state index contributed by atoms with van der Waals surface area (Å²) < 4.78 is 7.09. The summed E-state index contributed by atoms with van der Waals surface area (Å²) in [6.45, 7) is 4.23. The smallest absolute Gasteiger partial charge is 0.230 e. The fourth-order valence-electron chi connectivity index (χ4n) is 2.54. The van der Waals surface area contributed by atoms with Crippen LogP contribution in [0.4, 0.5) is 0 Å². The molecule has 0 aliphatic carbocycles. The maximum absolute atomic E-state index is 12.1. The Morgan fingerprint density at radius 1 is 1.22 bits per heavy atom. The maximum Gasteiger partial charge on any atom is 0.230 e. The number of methoxy groups -OCH3 is 1. The minimum absolute atomic E-state index is 0.0761. The van der Waals surface area contributed by atoms with Crippen LogP contribution in [0.5, 0.6) is 5.75 Å². The quantitative estimate of drug-likeness (QED) is 0.499. The van der Waals surface area contributed by atoms with E-state index in [4.69, 9.17) is 4.74 Å². The van der Waals surface area contributed by atoms with Gasteiger partial charge in [-0.05, 0) is 32.0 Å². The minimum atomic E-state index is -0.0761. The number of ether oxygens (including phenoxy) is 1. The van der Waals surface area contributed by atoms with E-state index in [-0.39, 0.29) is 11.7 Å². The van der Waals surface area contributed by atoms with E-state index in [1.54, 1.807) is 18.0 Å². The van der Waals surface area contributed by atoms with Gasteiger partial charge in [-0.25, -0.2) is 14.6 Å². The molecule has 0 saturated heterocycles. The van der Waals surface area contributed by atoms with Crippen molar-refractivity contribution >= 4 is 17.7 Å². The molecule has 0 aliphatic heterocycles. The Hall–Kier alpha value is -2.87. The van der Waals surface area contributed by atoms with Gasteiger partial charge in [0.1, 0.15) is 11.4 Å². The second-order valence-electron chi connectivity index (χ2n) is 5.96. The Labute approximate surface area is 162 Å². The summed E-state index contributed by atoms with van der Waals surface area (Å²) in [7, 11) is 1.63. The van der Waals surface area contributed by atoms with Crippen LogP contribution in [-0.2, 0) is 11.3 Å². The number of hydrogen-bond donors (Lipinski definition) is 1. The zero-order valence-corrected chi connectivity index (χ0v) is 16.3. The number of thioether (sulfide) groups is 1. The van der Waals surface area contributed by atoms with Crippen molar-refractivity contribution in [3.63, 3.8) is 0 Å². The molecule has 8 heteroatoms. The van der Waals surface area contributed by atoms with Gasteiger partial charge >= 0.3 is 0 Å². The molecule has 3 aromatic rings. The third-order valence-electron chi connectivity index (χ3n) is 3.75. The first-order valence-electron chi connectivity index (χ1n) is 8.44. The Morgan fingerprint density at radius 3 is 2.70 bits per heavy atom. The Bertz CT molecular complexity index is 921. The van der Waals surface area contributed by atoms with E-state index in [9.17, 15) is 4.79 Å². The third kappa shape index (κ3) is 5.07. The summed E-state index contributed by atoms with van der Waals surface area (Å²) in [5.41, 5.74) is 3.55. The van der Waals surface area contributed by atoms with E-state index in [1.165, 1.54) is 11.8 Å². The topological polar surface area (TPSA) is 81.9 Å². The van der Waals surface area contributed by atoms with Crippen molar-refractivity contribution in [3.8, 4) is 11.4 Å². The Balaban J connectivity index is 1.54. The molecular formula is C19H21N5O2S. The van der Waals surface area contributed by atoms with Crippen molar-refractivity contribution in [3.05, 3.63) is 59.7 Å². The van der Waals surface area contributed by atoms with Crippen LogP contribution in [0.2, 0.25) is 0 Å². The summed E-state index contributed by atoms with van der Waals surface area (Å²) in [4.78, 5) is 20.8. The largest absolute Gasteiger partial charge is 0.494 e. The number of carbonyl (C=O) groups is 1. The van der Waals surface area contributed by atoms with E-state index < -0.39 is 0 Å². The molecule has 0 radical (unpaired) electrons. The monoisotopic (exact) mass is 383 g/mol. The molecule has 0 fully saturated rings. The molecular weight excluding hydrogens is 362 g/mol. The highest BCUT2D eigenvalue weighted by Crippen LogP contribution is 2.21. The molecule has 3 rings (SSSR count). The van der Waals surface area contributed by atoms with Crippen molar-refractivity contribution < 1.29 is 9.53 Å². The molecule has 7 nitrogen and oxygen atoms in total. The second-order valence-corrected chi connectivity index (χ2v) is 6.91. The fourth-order valence-corrected chi connectivity index (χ4v) is 3.32. The first-order chi connectivity index (χ1) is 13.0. The minimum Gasteiger partial charge on any atom is -0.494 e. The van der Waals surface area contributed by atoms with Crippen LogP contribution in [0.25, 0.3) is 5.69 Å². The number of carbonyl (C=O) groups excluding carboxylic acids is 1. The van der Waals surface area contributed by atoms with Gasteiger partial charge in [0.15, 0.2) is 5.16 Å². The molecule has 0 spiro atoms. The van der Waals surface area contributed by atoms with Crippen LogP contribution in [0, 0.1) is 13.8 Å². The van der Waals surface area contributed by atoms with E-state index >= 15 is 0 Å². The van der Waals surface area contributed by atoms with Gasteiger partial charge in [0, 0.05) is 29.7 Å². The normalized spacial score (nSPS) is 10.6. The molecule has 0 atom stereocenters. The van der Waals surface area contributed by atoms with Crippen LogP contribution < -0.4 is 10.1 Å². The molecule has 0 saturated carbocycles. The standard InChI is InChI=1S/C19H21N5O2S/c1-13-8-14(2)23-19(22-13)27-12-18(25)20-9-15-10-21-24(11-15)16-6-4-5-7-17(16)26-3/h4-8,10-11H,9,12H2,1-3H3,(H,20,25). The first kappa shape index (κ1) is 18.9. The lowest BCUT2D eigenvalue weighted by Crippen LogP contribution is -2.24. The Morgan fingerprint density at radius 2 is 1.96 bits per heavy atom. The molecule has 0 unspecified atom stereocenters. The van der Waals surface area contributed by atoms with E-state index in [0.29, 0.717) is 11.7 Å². The van der Waals surface area contributed by atoms with Gasteiger partial charge in [-0.3, -0.25) is 4.79 Å². The van der Waals surface area contributed by atoms with Crippen LogP contribution in [-0.4, -0.2) is 38.5 Å². The number of nitrogens with zero attached hydrogens (tertiary/aromatic N) is 4. The van der Waals surface area contributed by atoms with Crippen LogP contribution in [0.15, 0.2) is 47.9 Å². The van der Waals surface area contributed by atoms with Gasteiger partial charge in [0.25, 0.3) is 0 Å². The van der Waals surface area contributed by atoms with E-state index in [0.717, 1.165) is 28.4 Å². The van der Waals surface area contributed by atoms with Crippen molar-refractivity contribution in [1.82, 2.24) is 25.1 Å². The number of aryl methyl sites for hydroxylation is 2. The van der Waals surface area contributed by atoms with Crippen molar-refractivity contribution in [2.45, 2.75) is 25.5 Å². The Kier molecular flexibility index (Phi) is 6.08. The maximum atomic E-state index is 12.1. The van der Waals surface area contributed by atoms with Crippen molar-refractivity contribution in [2.75, 3.05) is 12.9 Å². The number of aromatic nitrogens is 4. The van der Waals surface area contributed by atoms with E-state index in [2.05, 4.69) is 20.4 Å². The average Bonchev–Trinajstić information content (AvgIpc) is 3.13. The number of hydrogen-bond acceptors (Lipinski definition) is 6. The predicted octanol–water partition coefficient (Wildman–Crippen LogP) is 2.70. The van der Waals surface area contributed by atoms with Crippen molar-refractivity contribution in [2.24, 2.45) is 0 Å². The van der Waals surface area contributed by atoms with Gasteiger partial charge < -0.3 is 10.1 Å². The van der Waals surface area contributed by atoms with Gasteiger partial charge in [-0.15, -0.1) is 0 Å². The molecule has 1 amide bonds. The zero-order chi connectivity index (χ0) is 19.2. The predicted molar refractivity (Wildman–Crippen MR) is 104 cm³/mol. The second kappa shape index (κ2) is 8.68. The summed E-state index contributed by atoms with van der Waals surface area (Å²) in [5.74, 6) is 0.928. The van der Waals surface area contributed by atoms with Gasteiger partial charge in [-0.1, -0.05) is 23.9 Å². The highest BCUT2D eigenvalue weighted by atomic mass is 32.2. The van der Waals surface area contributed by atoms with Gasteiger partial charge in [-0.2, -0.15) is 5.10 Å². The van der Waals surface area contributed by atoms with E-state index in [1.807, 2.05) is 50.4 Å². The number of rotatable bonds is 7. The number of benzene rings is 1. The number of amides is 1. The summed E-state index contributed by atoms with van der Waals surface area (Å²) in [6.07, 6.45) is 3.60. The SMILES string of the molecule is COc1ccccc1-n1cc(CNC(=O)CSc2nc(C)cc(C)n2)cn1. The molecule has 1 aromatic carbocycles. The zero-order valence-electron chi connectivity index (χ0n) is 15.5. The van der Waals surface area contributed by atoms with Crippen LogP contribution in [0.3, 0.4) is 0 Å². The first-order valence-corrected chi connectivity index (χ1v) is 9.42.